The van der Waals surface area contributed by atoms with Gasteiger partial charge in [0.05, 0.1) is 48.8 Å². The second kappa shape index (κ2) is 13.9. The highest BCUT2D eigenvalue weighted by Gasteiger charge is 2.34. The number of nitrogens with zero attached hydrogens (tertiary/aromatic N) is 2. The number of methoxy groups -OCH3 is 1. The van der Waals surface area contributed by atoms with Crippen LogP contribution >= 0.6 is 27.3 Å². The number of thiazole rings is 1. The van der Waals surface area contributed by atoms with Crippen LogP contribution in [-0.2, 0) is 9.53 Å². The molecule has 1 aliphatic heterocycles. The van der Waals surface area contributed by atoms with Crippen molar-refractivity contribution in [2.45, 2.75) is 33.7 Å². The number of fused-ring (bicyclic) bond motifs is 1. The summed E-state index contributed by atoms with van der Waals surface area (Å²) in [4.78, 5) is 32.4. The second-order valence-electron chi connectivity index (χ2n) is 9.00. The number of benzene rings is 2. The maximum absolute atomic E-state index is 14.1. The van der Waals surface area contributed by atoms with E-state index in [2.05, 4.69) is 27.5 Å². The quantitative estimate of drug-likeness (QED) is 0.201. The van der Waals surface area contributed by atoms with Gasteiger partial charge in [-0.3, -0.25) is 9.36 Å². The third kappa shape index (κ3) is 6.32. The average Bonchev–Trinajstić information content (AvgIpc) is 3.27. The number of esters is 1. The maximum atomic E-state index is 14.1. The fraction of sp³-hybridized carbons (Fsp3) is 0.323. The van der Waals surface area contributed by atoms with Gasteiger partial charge in [-0.2, -0.15) is 0 Å². The van der Waals surface area contributed by atoms with Crippen molar-refractivity contribution >= 4 is 39.3 Å². The Balaban J connectivity index is 1.94. The van der Waals surface area contributed by atoms with E-state index in [1.165, 1.54) is 15.9 Å². The number of aromatic nitrogens is 1. The van der Waals surface area contributed by atoms with Crippen molar-refractivity contribution in [3.05, 3.63) is 89.5 Å². The Labute approximate surface area is 256 Å². The van der Waals surface area contributed by atoms with E-state index in [1.54, 1.807) is 51.3 Å². The Kier molecular flexibility index (Phi) is 10.3. The predicted molar refractivity (Wildman–Crippen MR) is 166 cm³/mol. The van der Waals surface area contributed by atoms with Crippen LogP contribution in [0, 0.1) is 0 Å². The first-order valence-electron chi connectivity index (χ1n) is 13.5. The lowest BCUT2D eigenvalue weighted by Crippen LogP contribution is -2.40. The van der Waals surface area contributed by atoms with Crippen LogP contribution in [0.4, 0.5) is 0 Å². The minimum absolute atomic E-state index is 0.179. The Morgan fingerprint density at radius 1 is 1.05 bits per heavy atom. The third-order valence-corrected chi connectivity index (χ3v) is 8.00. The first kappa shape index (κ1) is 31.1. The van der Waals surface area contributed by atoms with Gasteiger partial charge in [0.15, 0.2) is 27.8 Å². The molecule has 1 aromatic heterocycles. The van der Waals surface area contributed by atoms with Crippen molar-refractivity contribution in [2.24, 2.45) is 4.99 Å². The summed E-state index contributed by atoms with van der Waals surface area (Å²) in [5.74, 6) is 1.61. The van der Waals surface area contributed by atoms with Gasteiger partial charge in [-0.1, -0.05) is 46.0 Å². The Bertz CT molecular complexity index is 1710. The molecule has 0 radical (unpaired) electrons. The molecule has 0 bridgehead atoms. The first-order valence-corrected chi connectivity index (χ1v) is 15.1. The van der Waals surface area contributed by atoms with Crippen LogP contribution in [0.2, 0.25) is 0 Å². The number of halogens is 1. The number of hydrogen-bond donors (Lipinski definition) is 0. The van der Waals surface area contributed by atoms with Crippen molar-refractivity contribution in [1.29, 1.82) is 0 Å². The summed E-state index contributed by atoms with van der Waals surface area (Å²) in [7, 11) is 1.56. The van der Waals surface area contributed by atoms with Crippen LogP contribution < -0.4 is 33.8 Å². The maximum Gasteiger partial charge on any atom is 0.338 e. The Hall–Kier alpha value is -3.83. The highest BCUT2D eigenvalue weighted by atomic mass is 79.9. The number of carbonyl (C=O) groups excluding carboxylic acids is 1. The summed E-state index contributed by atoms with van der Waals surface area (Å²) < 4.78 is 30.9. The average molecular weight is 658 g/mol. The van der Waals surface area contributed by atoms with E-state index in [0.717, 1.165) is 10.0 Å². The lowest BCUT2D eigenvalue weighted by atomic mass is 9.95. The number of hydrogen-bond acceptors (Lipinski definition) is 9. The zero-order chi connectivity index (χ0) is 30.4. The van der Waals surface area contributed by atoms with Crippen LogP contribution in [0.15, 0.2) is 68.5 Å². The Morgan fingerprint density at radius 3 is 2.40 bits per heavy atom. The smallest absolute Gasteiger partial charge is 0.338 e. The normalized spacial score (nSPS) is 14.6. The SMILES string of the molecule is C=CCOc1ccc(C2C(C(=O)OCC)=C(C)N=c3sc(=Cc4cc(OC)c(OCC)cc4Br)c(=O)n32)cc1OCC. The molecule has 0 spiro atoms. The molecule has 0 saturated carbocycles. The molecule has 4 rings (SSSR count). The molecule has 1 atom stereocenters. The van der Waals surface area contributed by atoms with Crippen molar-refractivity contribution in [3.63, 3.8) is 0 Å². The summed E-state index contributed by atoms with van der Waals surface area (Å²) in [6, 6.07) is 8.18. The molecule has 1 unspecified atom stereocenters. The standard InChI is InChI=1S/C31H33BrN2O7S/c1-7-13-41-22-12-11-19(14-24(22)38-8-2)28-27(30(36)40-10-4)18(5)33-31-34(28)29(35)26(42-31)16-20-15-23(37-6)25(39-9-3)17-21(20)32/h7,11-12,14-17,28H,1,8-10,13H2,2-6H3. The van der Waals surface area contributed by atoms with Crippen LogP contribution in [0.1, 0.15) is 44.9 Å². The molecule has 2 heterocycles. The van der Waals surface area contributed by atoms with Crippen LogP contribution in [0.3, 0.4) is 0 Å². The molecule has 222 valence electrons. The van der Waals surface area contributed by atoms with Gasteiger partial charge in [-0.15, -0.1) is 0 Å². The molecule has 2 aromatic carbocycles. The van der Waals surface area contributed by atoms with Gasteiger partial charge in [0.1, 0.15) is 6.61 Å². The summed E-state index contributed by atoms with van der Waals surface area (Å²) in [6.45, 7) is 12.3. The van der Waals surface area contributed by atoms with E-state index in [4.69, 9.17) is 23.7 Å². The monoisotopic (exact) mass is 656 g/mol. The van der Waals surface area contributed by atoms with Gasteiger partial charge >= 0.3 is 5.97 Å². The fourth-order valence-electron chi connectivity index (χ4n) is 4.57. The van der Waals surface area contributed by atoms with E-state index in [-0.39, 0.29) is 17.7 Å². The lowest BCUT2D eigenvalue weighted by Gasteiger charge is -2.25. The Morgan fingerprint density at radius 2 is 1.76 bits per heavy atom. The van der Waals surface area contributed by atoms with E-state index in [9.17, 15) is 9.59 Å². The highest BCUT2D eigenvalue weighted by Crippen LogP contribution is 2.37. The minimum Gasteiger partial charge on any atom is -0.493 e. The number of ether oxygens (including phenoxy) is 5. The van der Waals surface area contributed by atoms with Crippen LogP contribution in [0.5, 0.6) is 23.0 Å². The summed E-state index contributed by atoms with van der Waals surface area (Å²) in [6.07, 6.45) is 3.41. The van der Waals surface area contributed by atoms with Crippen molar-refractivity contribution in [1.82, 2.24) is 4.57 Å². The predicted octanol–water partition coefficient (Wildman–Crippen LogP) is 4.93. The van der Waals surface area contributed by atoms with Crippen molar-refractivity contribution in [2.75, 3.05) is 33.5 Å². The number of allylic oxidation sites excluding steroid dienone is 1. The molecule has 11 heteroatoms. The van der Waals surface area contributed by atoms with Gasteiger partial charge in [-0.25, -0.2) is 9.79 Å². The summed E-state index contributed by atoms with van der Waals surface area (Å²) >= 11 is 4.82. The van der Waals surface area contributed by atoms with Gasteiger partial charge in [0, 0.05) is 4.47 Å². The van der Waals surface area contributed by atoms with E-state index >= 15 is 0 Å². The molecule has 0 fully saturated rings. The molecule has 42 heavy (non-hydrogen) atoms. The molecular weight excluding hydrogens is 624 g/mol. The van der Waals surface area contributed by atoms with Crippen molar-refractivity contribution < 1.29 is 28.5 Å². The van der Waals surface area contributed by atoms with Gasteiger partial charge < -0.3 is 23.7 Å². The van der Waals surface area contributed by atoms with E-state index in [1.807, 2.05) is 26.0 Å². The molecular formula is C31H33BrN2O7S. The van der Waals surface area contributed by atoms with E-state index in [0.29, 0.717) is 63.4 Å². The van der Waals surface area contributed by atoms with Crippen molar-refractivity contribution in [3.8, 4) is 23.0 Å². The fourth-order valence-corrected chi connectivity index (χ4v) is 6.04. The molecule has 0 N–H and O–H groups in total. The summed E-state index contributed by atoms with van der Waals surface area (Å²) in [5, 5.41) is 0. The van der Waals surface area contributed by atoms with Gasteiger partial charge in [0.2, 0.25) is 0 Å². The number of rotatable bonds is 12. The highest BCUT2D eigenvalue weighted by molar-refractivity contribution is 9.10. The first-order chi connectivity index (χ1) is 20.3. The zero-order valence-corrected chi connectivity index (χ0v) is 26.6. The van der Waals surface area contributed by atoms with Gasteiger partial charge in [-0.05, 0) is 69.2 Å². The lowest BCUT2D eigenvalue weighted by molar-refractivity contribution is -0.139. The summed E-state index contributed by atoms with van der Waals surface area (Å²) in [5.41, 5.74) is 1.82. The van der Waals surface area contributed by atoms with Crippen LogP contribution in [0.25, 0.3) is 6.08 Å². The molecule has 3 aromatic rings. The van der Waals surface area contributed by atoms with Gasteiger partial charge in [0.25, 0.3) is 5.56 Å². The zero-order valence-electron chi connectivity index (χ0n) is 24.2. The minimum atomic E-state index is -0.798. The molecule has 0 aliphatic carbocycles. The molecule has 0 saturated heterocycles. The third-order valence-electron chi connectivity index (χ3n) is 6.33. The molecule has 1 aliphatic rings. The number of carbonyl (C=O) groups is 1. The molecule has 0 amide bonds. The largest absolute Gasteiger partial charge is 0.493 e. The van der Waals surface area contributed by atoms with Crippen LogP contribution in [-0.4, -0.2) is 44.1 Å². The molecule has 9 nitrogen and oxygen atoms in total. The van der Waals surface area contributed by atoms with E-state index < -0.39 is 12.0 Å². The topological polar surface area (TPSA) is 97.6 Å². The second-order valence-corrected chi connectivity index (χ2v) is 10.9.